The second-order valence-electron chi connectivity index (χ2n) is 6.99. The van der Waals surface area contributed by atoms with Gasteiger partial charge in [-0.3, -0.25) is 4.79 Å². The van der Waals surface area contributed by atoms with E-state index in [9.17, 15) is 13.2 Å². The first-order valence-corrected chi connectivity index (χ1v) is 10.8. The third-order valence-electron chi connectivity index (χ3n) is 4.89. The Bertz CT molecular complexity index is 845. The molecule has 0 aliphatic carbocycles. The van der Waals surface area contributed by atoms with Crippen LogP contribution < -0.4 is 5.32 Å². The van der Waals surface area contributed by atoms with Crippen molar-refractivity contribution in [1.82, 2.24) is 9.62 Å². The normalized spacial score (nSPS) is 18.3. The maximum Gasteiger partial charge on any atom is 0.243 e. The Morgan fingerprint density at radius 3 is 2.74 bits per heavy atom. The zero-order valence-electron chi connectivity index (χ0n) is 15.6. The molecule has 1 fully saturated rings. The first kappa shape index (κ1) is 19.6. The summed E-state index contributed by atoms with van der Waals surface area (Å²) in [6.07, 6.45) is 4.60. The highest BCUT2D eigenvalue weighted by Crippen LogP contribution is 2.24. The van der Waals surface area contributed by atoms with Gasteiger partial charge in [-0.2, -0.15) is 4.31 Å². The monoisotopic (exact) mass is 390 g/mol. The summed E-state index contributed by atoms with van der Waals surface area (Å²) in [4.78, 5) is 12.7. The molecule has 27 heavy (non-hydrogen) atoms. The highest BCUT2D eigenvalue weighted by atomic mass is 32.2. The van der Waals surface area contributed by atoms with E-state index in [0.29, 0.717) is 25.9 Å². The summed E-state index contributed by atoms with van der Waals surface area (Å²) in [5.74, 6) is 0.526. The average Bonchev–Trinajstić information content (AvgIpc) is 3.19. The molecule has 2 aromatic rings. The summed E-state index contributed by atoms with van der Waals surface area (Å²) < 4.78 is 32.4. The number of amides is 1. The summed E-state index contributed by atoms with van der Waals surface area (Å²) in [7, 11) is -3.56. The molecule has 0 radical (unpaired) electrons. The summed E-state index contributed by atoms with van der Waals surface area (Å²) >= 11 is 0. The van der Waals surface area contributed by atoms with Crippen LogP contribution in [-0.2, 0) is 21.2 Å². The van der Waals surface area contributed by atoms with Gasteiger partial charge in [-0.1, -0.05) is 17.7 Å². The Labute approximate surface area is 160 Å². The van der Waals surface area contributed by atoms with Gasteiger partial charge in [0.2, 0.25) is 15.9 Å². The van der Waals surface area contributed by atoms with Crippen molar-refractivity contribution >= 4 is 15.9 Å². The fourth-order valence-electron chi connectivity index (χ4n) is 3.31. The lowest BCUT2D eigenvalue weighted by atomic mass is 9.99. The number of furan rings is 1. The molecule has 146 valence electrons. The van der Waals surface area contributed by atoms with Crippen molar-refractivity contribution in [3.05, 3.63) is 54.0 Å². The standard InChI is InChI=1S/C20H26N2O4S/c1-16-8-10-19(11-9-16)27(24,25)22-13-3-5-17(15-22)20(23)21-12-2-6-18-7-4-14-26-18/h4,7-11,14,17H,2-3,5-6,12-13,15H2,1H3,(H,21,23). The number of carbonyl (C=O) groups is 1. The maximum absolute atomic E-state index is 12.8. The topological polar surface area (TPSA) is 79.6 Å². The molecular formula is C20H26N2O4S. The van der Waals surface area contributed by atoms with Gasteiger partial charge >= 0.3 is 0 Å². The van der Waals surface area contributed by atoms with E-state index in [2.05, 4.69) is 5.32 Å². The third kappa shape index (κ3) is 4.99. The Balaban J connectivity index is 1.53. The van der Waals surface area contributed by atoms with Gasteiger partial charge in [-0.05, 0) is 50.5 Å². The van der Waals surface area contributed by atoms with Crippen molar-refractivity contribution < 1.29 is 17.6 Å². The number of carbonyl (C=O) groups excluding carboxylic acids is 1. The number of piperidine rings is 1. The first-order valence-electron chi connectivity index (χ1n) is 9.34. The van der Waals surface area contributed by atoms with E-state index in [1.165, 1.54) is 4.31 Å². The summed E-state index contributed by atoms with van der Waals surface area (Å²) in [5.41, 5.74) is 1.01. The molecule has 0 spiro atoms. The smallest absolute Gasteiger partial charge is 0.243 e. The van der Waals surface area contributed by atoms with Crippen molar-refractivity contribution in [1.29, 1.82) is 0 Å². The number of hydrogen-bond donors (Lipinski definition) is 1. The number of sulfonamides is 1. The average molecular weight is 391 g/mol. The molecule has 1 amide bonds. The van der Waals surface area contributed by atoms with Gasteiger partial charge in [0.05, 0.1) is 17.1 Å². The second-order valence-corrected chi connectivity index (χ2v) is 8.93. The summed E-state index contributed by atoms with van der Waals surface area (Å²) in [6, 6.07) is 10.6. The zero-order chi connectivity index (χ0) is 19.3. The quantitative estimate of drug-likeness (QED) is 0.737. The molecule has 1 N–H and O–H groups in total. The van der Waals surface area contributed by atoms with Gasteiger partial charge in [0.1, 0.15) is 5.76 Å². The number of aryl methyl sites for hydroxylation is 2. The summed E-state index contributed by atoms with van der Waals surface area (Å²) in [5, 5.41) is 2.93. The fourth-order valence-corrected chi connectivity index (χ4v) is 4.83. The van der Waals surface area contributed by atoms with Crippen LogP contribution >= 0.6 is 0 Å². The Hall–Kier alpha value is -2.12. The van der Waals surface area contributed by atoms with Crippen molar-refractivity contribution in [3.63, 3.8) is 0 Å². The molecule has 7 heteroatoms. The number of nitrogens with zero attached hydrogens (tertiary/aromatic N) is 1. The highest BCUT2D eigenvalue weighted by Gasteiger charge is 2.33. The van der Waals surface area contributed by atoms with E-state index in [0.717, 1.165) is 24.2 Å². The molecule has 1 aromatic heterocycles. The largest absolute Gasteiger partial charge is 0.469 e. The molecule has 2 heterocycles. The van der Waals surface area contributed by atoms with E-state index in [-0.39, 0.29) is 23.3 Å². The minimum absolute atomic E-state index is 0.0711. The molecule has 1 saturated heterocycles. The molecule has 1 aliphatic rings. The fraction of sp³-hybridized carbons (Fsp3) is 0.450. The molecule has 3 rings (SSSR count). The van der Waals surface area contributed by atoms with Crippen molar-refractivity contribution in [3.8, 4) is 0 Å². The van der Waals surface area contributed by atoms with E-state index in [1.807, 2.05) is 19.1 Å². The minimum Gasteiger partial charge on any atom is -0.469 e. The lowest BCUT2D eigenvalue weighted by Gasteiger charge is -2.31. The predicted octanol–water partition coefficient (Wildman–Crippen LogP) is 2.74. The first-order chi connectivity index (χ1) is 13.0. The molecule has 1 atom stereocenters. The van der Waals surface area contributed by atoms with Crippen molar-refractivity contribution in [2.45, 2.75) is 37.5 Å². The molecular weight excluding hydrogens is 364 g/mol. The Morgan fingerprint density at radius 1 is 1.26 bits per heavy atom. The van der Waals surface area contributed by atoms with E-state index in [4.69, 9.17) is 4.42 Å². The summed E-state index contributed by atoms with van der Waals surface area (Å²) in [6.45, 7) is 3.17. The van der Waals surface area contributed by atoms with E-state index >= 15 is 0 Å². The maximum atomic E-state index is 12.8. The molecule has 6 nitrogen and oxygen atoms in total. The lowest BCUT2D eigenvalue weighted by molar-refractivity contribution is -0.126. The Morgan fingerprint density at radius 2 is 2.04 bits per heavy atom. The lowest BCUT2D eigenvalue weighted by Crippen LogP contribution is -2.45. The molecule has 1 aromatic carbocycles. The number of nitrogens with one attached hydrogen (secondary N) is 1. The van der Waals surface area contributed by atoms with Crippen LogP contribution in [0.1, 0.15) is 30.6 Å². The van der Waals surface area contributed by atoms with Crippen LogP contribution in [0, 0.1) is 12.8 Å². The number of benzene rings is 1. The van der Waals surface area contributed by atoms with Crippen LogP contribution in [0.25, 0.3) is 0 Å². The number of rotatable bonds is 7. The van der Waals surface area contributed by atoms with Gasteiger partial charge < -0.3 is 9.73 Å². The van der Waals surface area contributed by atoms with Gasteiger partial charge in [0, 0.05) is 26.1 Å². The third-order valence-corrected chi connectivity index (χ3v) is 6.77. The molecule has 0 saturated carbocycles. The molecule has 1 unspecified atom stereocenters. The predicted molar refractivity (Wildman–Crippen MR) is 103 cm³/mol. The van der Waals surface area contributed by atoms with Crippen LogP contribution in [0.4, 0.5) is 0 Å². The van der Waals surface area contributed by atoms with Crippen molar-refractivity contribution in [2.75, 3.05) is 19.6 Å². The van der Waals surface area contributed by atoms with Crippen LogP contribution in [0.15, 0.2) is 52.0 Å². The van der Waals surface area contributed by atoms with Crippen LogP contribution in [0.3, 0.4) is 0 Å². The molecule has 0 bridgehead atoms. The van der Waals surface area contributed by atoms with Gasteiger partial charge in [-0.25, -0.2) is 8.42 Å². The van der Waals surface area contributed by atoms with Gasteiger partial charge in [0.25, 0.3) is 0 Å². The van der Waals surface area contributed by atoms with Crippen LogP contribution in [-0.4, -0.2) is 38.3 Å². The SMILES string of the molecule is Cc1ccc(S(=O)(=O)N2CCCC(C(=O)NCCCc3ccco3)C2)cc1. The van der Waals surface area contributed by atoms with Gasteiger partial charge in [-0.15, -0.1) is 0 Å². The van der Waals surface area contributed by atoms with Crippen LogP contribution in [0.2, 0.25) is 0 Å². The van der Waals surface area contributed by atoms with E-state index in [1.54, 1.807) is 30.5 Å². The minimum atomic E-state index is -3.56. The van der Waals surface area contributed by atoms with Crippen LogP contribution in [0.5, 0.6) is 0 Å². The van der Waals surface area contributed by atoms with Crippen molar-refractivity contribution in [2.24, 2.45) is 5.92 Å². The molecule has 1 aliphatic heterocycles. The Kier molecular flexibility index (Phi) is 6.34. The highest BCUT2D eigenvalue weighted by molar-refractivity contribution is 7.89. The second kappa shape index (κ2) is 8.71. The van der Waals surface area contributed by atoms with Gasteiger partial charge in [0.15, 0.2) is 0 Å². The zero-order valence-corrected chi connectivity index (χ0v) is 16.4. The number of hydrogen-bond acceptors (Lipinski definition) is 4. The van der Waals surface area contributed by atoms with E-state index < -0.39 is 10.0 Å².